The summed E-state index contributed by atoms with van der Waals surface area (Å²) in [5, 5.41) is 0. The molecule has 0 N–H and O–H groups in total. The van der Waals surface area contributed by atoms with Crippen molar-refractivity contribution >= 4 is 12.1 Å². The van der Waals surface area contributed by atoms with Crippen molar-refractivity contribution in [1.29, 1.82) is 0 Å². The summed E-state index contributed by atoms with van der Waals surface area (Å²) in [5.74, 6) is -0.874. The number of nitrogens with zero attached hydrogens (tertiary/aromatic N) is 2. The van der Waals surface area contributed by atoms with Crippen molar-refractivity contribution in [3.8, 4) is 0 Å². The number of rotatable bonds is 6. The van der Waals surface area contributed by atoms with Crippen LogP contribution in [0.4, 0.5) is 4.79 Å². The lowest BCUT2D eigenvalue weighted by atomic mass is 9.77. The Morgan fingerprint density at radius 3 is 2.35 bits per heavy atom. The van der Waals surface area contributed by atoms with Crippen LogP contribution in [-0.4, -0.2) is 80.8 Å². The summed E-state index contributed by atoms with van der Waals surface area (Å²) in [6.07, 6.45) is 0.795. The summed E-state index contributed by atoms with van der Waals surface area (Å²) >= 11 is 0. The molecule has 0 aromatic heterocycles. The monoisotopic (exact) mass is 368 g/mol. The molecular weight excluding hydrogens is 340 g/mol. The van der Waals surface area contributed by atoms with Crippen molar-refractivity contribution in [2.75, 3.05) is 46.6 Å². The summed E-state index contributed by atoms with van der Waals surface area (Å²) in [6, 6.07) is 0. The average molecular weight is 368 g/mol. The van der Waals surface area contributed by atoms with Crippen LogP contribution in [0.3, 0.4) is 0 Å². The van der Waals surface area contributed by atoms with Crippen LogP contribution in [0.25, 0.3) is 0 Å². The maximum Gasteiger partial charge on any atom is 0.511 e. The zero-order valence-electron chi connectivity index (χ0n) is 15.5. The van der Waals surface area contributed by atoms with Gasteiger partial charge in [-0.2, -0.15) is 0 Å². The standard InChI is InChI=1S/C18H28N2O6/c1-4-23-18(22)25-11-24-17(21)16-14-6-5-13(26-14)15(16)12(2)20-9-7-19(3)8-10-20/h13-16H,2,4-11H2,1,3H3. The highest BCUT2D eigenvalue weighted by Crippen LogP contribution is 2.47. The molecule has 4 atom stereocenters. The van der Waals surface area contributed by atoms with E-state index >= 15 is 0 Å². The first-order chi connectivity index (χ1) is 12.5. The summed E-state index contributed by atoms with van der Waals surface area (Å²) in [5.41, 5.74) is 0.957. The minimum atomic E-state index is -0.845. The largest absolute Gasteiger partial charge is 0.511 e. The van der Waals surface area contributed by atoms with Crippen LogP contribution in [0.5, 0.6) is 0 Å². The van der Waals surface area contributed by atoms with Crippen molar-refractivity contribution in [2.45, 2.75) is 32.0 Å². The van der Waals surface area contributed by atoms with Crippen LogP contribution in [-0.2, 0) is 23.7 Å². The van der Waals surface area contributed by atoms with Crippen molar-refractivity contribution in [1.82, 2.24) is 9.80 Å². The Balaban J connectivity index is 1.58. The molecule has 26 heavy (non-hydrogen) atoms. The van der Waals surface area contributed by atoms with Crippen LogP contribution < -0.4 is 0 Å². The molecule has 0 radical (unpaired) electrons. The van der Waals surface area contributed by atoms with Crippen LogP contribution in [0.1, 0.15) is 19.8 Å². The number of piperazine rings is 1. The number of fused-ring (bicyclic) bond motifs is 2. The van der Waals surface area contributed by atoms with Crippen LogP contribution in [0.2, 0.25) is 0 Å². The van der Waals surface area contributed by atoms with Gasteiger partial charge in [0.15, 0.2) is 0 Å². The lowest BCUT2D eigenvalue weighted by Crippen LogP contribution is -2.47. The first kappa shape index (κ1) is 19.0. The van der Waals surface area contributed by atoms with Gasteiger partial charge in [-0.05, 0) is 26.8 Å². The smallest absolute Gasteiger partial charge is 0.435 e. The number of likely N-dealkylation sites (N-methyl/N-ethyl adjacent to an activating group) is 1. The molecule has 3 rings (SSSR count). The Hall–Kier alpha value is -1.80. The number of carbonyl (C=O) groups is 2. The topological polar surface area (TPSA) is 77.5 Å². The van der Waals surface area contributed by atoms with Gasteiger partial charge in [0.1, 0.15) is 0 Å². The van der Waals surface area contributed by atoms with Gasteiger partial charge in [0.05, 0.1) is 24.7 Å². The highest BCUT2D eigenvalue weighted by molar-refractivity contribution is 5.75. The lowest BCUT2D eigenvalue weighted by molar-refractivity contribution is -0.161. The second kappa shape index (κ2) is 8.26. The Bertz CT molecular complexity index is 546. The molecule has 8 heteroatoms. The van der Waals surface area contributed by atoms with Gasteiger partial charge in [-0.15, -0.1) is 0 Å². The quantitative estimate of drug-likeness (QED) is 0.512. The van der Waals surface area contributed by atoms with Crippen molar-refractivity contribution in [3.05, 3.63) is 12.3 Å². The van der Waals surface area contributed by atoms with Gasteiger partial charge < -0.3 is 28.7 Å². The molecular formula is C18H28N2O6. The van der Waals surface area contributed by atoms with E-state index in [4.69, 9.17) is 14.2 Å². The van der Waals surface area contributed by atoms with E-state index in [1.807, 2.05) is 0 Å². The van der Waals surface area contributed by atoms with Gasteiger partial charge in [0.25, 0.3) is 0 Å². The molecule has 0 saturated carbocycles. The maximum absolute atomic E-state index is 12.6. The zero-order valence-corrected chi connectivity index (χ0v) is 15.5. The van der Waals surface area contributed by atoms with E-state index in [2.05, 4.69) is 28.2 Å². The second-order valence-corrected chi connectivity index (χ2v) is 7.03. The zero-order chi connectivity index (χ0) is 18.7. The third kappa shape index (κ3) is 3.96. The number of hydrogen-bond donors (Lipinski definition) is 0. The highest BCUT2D eigenvalue weighted by atomic mass is 16.8. The third-order valence-corrected chi connectivity index (χ3v) is 5.48. The molecule has 3 heterocycles. The fourth-order valence-corrected chi connectivity index (χ4v) is 4.10. The maximum atomic E-state index is 12.6. The van der Waals surface area contributed by atoms with Gasteiger partial charge in [-0.3, -0.25) is 4.79 Å². The molecule has 2 bridgehead atoms. The van der Waals surface area contributed by atoms with Crippen molar-refractivity contribution in [3.63, 3.8) is 0 Å². The number of ether oxygens (including phenoxy) is 4. The van der Waals surface area contributed by atoms with E-state index in [0.29, 0.717) is 0 Å². The lowest BCUT2D eigenvalue weighted by Gasteiger charge is -2.39. The van der Waals surface area contributed by atoms with Gasteiger partial charge >= 0.3 is 12.1 Å². The predicted octanol–water partition coefficient (Wildman–Crippen LogP) is 1.21. The van der Waals surface area contributed by atoms with E-state index in [1.165, 1.54) is 0 Å². The Morgan fingerprint density at radius 2 is 1.69 bits per heavy atom. The molecule has 0 amide bonds. The first-order valence-electron chi connectivity index (χ1n) is 9.25. The minimum Gasteiger partial charge on any atom is -0.435 e. The normalized spacial score (nSPS) is 30.9. The summed E-state index contributed by atoms with van der Waals surface area (Å²) in [7, 11) is 2.10. The molecule has 146 valence electrons. The minimum absolute atomic E-state index is 0.00989. The molecule has 8 nitrogen and oxygen atoms in total. The Kier molecular flexibility index (Phi) is 6.03. The SMILES string of the molecule is C=C(C1C2CCC(O2)C1C(=O)OCOC(=O)OCC)N1CCN(C)CC1. The summed E-state index contributed by atoms with van der Waals surface area (Å²) in [4.78, 5) is 28.3. The van der Waals surface area contributed by atoms with E-state index in [0.717, 1.165) is 44.7 Å². The van der Waals surface area contributed by atoms with Gasteiger partial charge in [0, 0.05) is 37.8 Å². The molecule has 3 saturated heterocycles. The Morgan fingerprint density at radius 1 is 1.04 bits per heavy atom. The molecule has 4 unspecified atom stereocenters. The van der Waals surface area contributed by atoms with Crippen molar-refractivity contribution in [2.24, 2.45) is 11.8 Å². The van der Waals surface area contributed by atoms with Crippen LogP contribution in [0.15, 0.2) is 12.3 Å². The molecule has 0 aromatic carbocycles. The highest BCUT2D eigenvalue weighted by Gasteiger charge is 2.54. The molecule has 0 aliphatic carbocycles. The number of hydrogen-bond acceptors (Lipinski definition) is 8. The van der Waals surface area contributed by atoms with Crippen LogP contribution in [0, 0.1) is 11.8 Å². The number of carbonyl (C=O) groups excluding carboxylic acids is 2. The molecule has 3 aliphatic rings. The van der Waals surface area contributed by atoms with Gasteiger partial charge in [0.2, 0.25) is 6.79 Å². The van der Waals surface area contributed by atoms with E-state index < -0.39 is 24.8 Å². The van der Waals surface area contributed by atoms with E-state index in [-0.39, 0.29) is 24.7 Å². The number of esters is 1. The van der Waals surface area contributed by atoms with Gasteiger partial charge in [-0.25, -0.2) is 4.79 Å². The molecule has 0 aromatic rings. The van der Waals surface area contributed by atoms with Crippen LogP contribution >= 0.6 is 0 Å². The predicted molar refractivity (Wildman–Crippen MR) is 92.2 cm³/mol. The van der Waals surface area contributed by atoms with E-state index in [1.54, 1.807) is 6.92 Å². The fraction of sp³-hybridized carbons (Fsp3) is 0.778. The van der Waals surface area contributed by atoms with E-state index in [9.17, 15) is 9.59 Å². The molecule has 0 spiro atoms. The second-order valence-electron chi connectivity index (χ2n) is 7.03. The average Bonchev–Trinajstić information content (AvgIpc) is 3.23. The fourth-order valence-electron chi connectivity index (χ4n) is 4.10. The third-order valence-electron chi connectivity index (χ3n) is 5.48. The molecule has 3 aliphatic heterocycles. The summed E-state index contributed by atoms with van der Waals surface area (Å²) < 4.78 is 20.5. The van der Waals surface area contributed by atoms with Crippen molar-refractivity contribution < 1.29 is 28.5 Å². The van der Waals surface area contributed by atoms with Gasteiger partial charge in [-0.1, -0.05) is 6.58 Å². The first-order valence-corrected chi connectivity index (χ1v) is 9.25. The Labute approximate surface area is 154 Å². The summed E-state index contributed by atoms with van der Waals surface area (Å²) in [6.45, 7) is 9.47. The molecule has 3 fully saturated rings.